The maximum atomic E-state index is 12.3. The molecule has 1 aromatic heterocycles. The number of amides is 1. The number of fused-ring (bicyclic) bond motifs is 1. The lowest BCUT2D eigenvalue weighted by molar-refractivity contribution is 0.0812. The number of pyridine rings is 1. The summed E-state index contributed by atoms with van der Waals surface area (Å²) in [7, 11) is 1.90. The summed E-state index contributed by atoms with van der Waals surface area (Å²) in [6.07, 6.45) is 2.82. The molecule has 1 aliphatic rings. The van der Waals surface area contributed by atoms with Crippen LogP contribution < -0.4 is 19.7 Å². The summed E-state index contributed by atoms with van der Waals surface area (Å²) in [6.45, 7) is 1.82. The van der Waals surface area contributed by atoms with Gasteiger partial charge in [0.1, 0.15) is 18.5 Å². The first-order chi connectivity index (χ1) is 13.2. The Morgan fingerprint density at radius 3 is 2.85 bits per heavy atom. The Hall–Kier alpha value is -2.80. The van der Waals surface area contributed by atoms with E-state index in [0.717, 1.165) is 17.3 Å². The standard InChI is InChI=1S/C20H25N3O4/c1-23(11-4-12-24)19-8-7-15(13-22-19)20(25)21-10-9-16-14-26-17-5-2-3-6-18(17)27-16/h2-3,5-8,13,16,24H,4,9-12,14H2,1H3,(H,21,25). The number of anilines is 1. The van der Waals surface area contributed by atoms with Crippen LogP contribution in [0.5, 0.6) is 11.5 Å². The third-order valence-corrected chi connectivity index (χ3v) is 4.37. The molecular formula is C20H25N3O4. The van der Waals surface area contributed by atoms with Crippen molar-refractivity contribution in [1.82, 2.24) is 10.3 Å². The first-order valence-electron chi connectivity index (χ1n) is 9.12. The van der Waals surface area contributed by atoms with E-state index in [2.05, 4.69) is 10.3 Å². The van der Waals surface area contributed by atoms with E-state index in [0.29, 0.717) is 38.1 Å². The lowest BCUT2D eigenvalue weighted by Gasteiger charge is -2.26. The van der Waals surface area contributed by atoms with Gasteiger partial charge in [-0.2, -0.15) is 0 Å². The number of hydrogen-bond acceptors (Lipinski definition) is 6. The van der Waals surface area contributed by atoms with Crippen LogP contribution >= 0.6 is 0 Å². The Labute approximate surface area is 158 Å². The van der Waals surface area contributed by atoms with Crippen LogP contribution in [0, 0.1) is 0 Å². The zero-order valence-corrected chi connectivity index (χ0v) is 15.4. The maximum absolute atomic E-state index is 12.3. The summed E-state index contributed by atoms with van der Waals surface area (Å²) in [4.78, 5) is 18.5. The molecule has 1 atom stereocenters. The molecule has 2 N–H and O–H groups in total. The number of nitrogens with one attached hydrogen (secondary N) is 1. The summed E-state index contributed by atoms with van der Waals surface area (Å²) < 4.78 is 11.6. The van der Waals surface area contributed by atoms with Crippen molar-refractivity contribution in [3.05, 3.63) is 48.2 Å². The van der Waals surface area contributed by atoms with Crippen LogP contribution in [0.15, 0.2) is 42.6 Å². The fourth-order valence-electron chi connectivity index (χ4n) is 2.82. The predicted octanol–water partition coefficient (Wildman–Crippen LogP) is 1.86. The maximum Gasteiger partial charge on any atom is 0.252 e. The molecule has 7 nitrogen and oxygen atoms in total. The van der Waals surface area contributed by atoms with Crippen LogP contribution in [0.4, 0.5) is 5.82 Å². The van der Waals surface area contributed by atoms with Gasteiger partial charge in [-0.3, -0.25) is 4.79 Å². The van der Waals surface area contributed by atoms with Gasteiger partial charge in [0, 0.05) is 39.4 Å². The number of aliphatic hydroxyl groups excluding tert-OH is 1. The van der Waals surface area contributed by atoms with Crippen LogP contribution in [0.25, 0.3) is 0 Å². The zero-order valence-electron chi connectivity index (χ0n) is 15.4. The Balaban J connectivity index is 1.44. The number of nitrogens with zero attached hydrogens (tertiary/aromatic N) is 2. The fraction of sp³-hybridized carbons (Fsp3) is 0.400. The highest BCUT2D eigenvalue weighted by molar-refractivity contribution is 5.94. The second-order valence-corrected chi connectivity index (χ2v) is 6.45. The van der Waals surface area contributed by atoms with Gasteiger partial charge in [-0.05, 0) is 30.7 Å². The zero-order chi connectivity index (χ0) is 19.1. The molecule has 0 aliphatic carbocycles. The molecule has 1 aliphatic heterocycles. The lowest BCUT2D eigenvalue weighted by atomic mass is 10.2. The first-order valence-corrected chi connectivity index (χ1v) is 9.12. The first kappa shape index (κ1) is 19.0. The van der Waals surface area contributed by atoms with Crippen LogP contribution in [0.3, 0.4) is 0 Å². The number of carbonyl (C=O) groups is 1. The Kier molecular flexibility index (Phi) is 6.49. The van der Waals surface area contributed by atoms with Gasteiger partial charge in [0.25, 0.3) is 5.91 Å². The average molecular weight is 371 g/mol. The molecule has 0 saturated heterocycles. The summed E-state index contributed by atoms with van der Waals surface area (Å²) in [6, 6.07) is 11.1. The van der Waals surface area contributed by atoms with Crippen LogP contribution in [0.2, 0.25) is 0 Å². The van der Waals surface area contributed by atoms with E-state index in [4.69, 9.17) is 14.6 Å². The summed E-state index contributed by atoms with van der Waals surface area (Å²) >= 11 is 0. The molecule has 0 spiro atoms. The minimum atomic E-state index is -0.163. The number of benzene rings is 1. The molecule has 1 amide bonds. The highest BCUT2D eigenvalue weighted by Gasteiger charge is 2.20. The van der Waals surface area contributed by atoms with E-state index in [1.54, 1.807) is 18.3 Å². The average Bonchev–Trinajstić information content (AvgIpc) is 2.72. The number of aromatic nitrogens is 1. The van der Waals surface area contributed by atoms with Crippen molar-refractivity contribution in [2.75, 3.05) is 38.3 Å². The van der Waals surface area contributed by atoms with Gasteiger partial charge < -0.3 is 24.8 Å². The van der Waals surface area contributed by atoms with Crippen molar-refractivity contribution in [3.8, 4) is 11.5 Å². The van der Waals surface area contributed by atoms with Crippen molar-refractivity contribution in [1.29, 1.82) is 0 Å². The van der Waals surface area contributed by atoms with Crippen molar-refractivity contribution >= 4 is 11.7 Å². The van der Waals surface area contributed by atoms with Crippen molar-refractivity contribution in [2.24, 2.45) is 0 Å². The normalized spacial score (nSPS) is 15.3. The van der Waals surface area contributed by atoms with Gasteiger partial charge in [-0.1, -0.05) is 12.1 Å². The van der Waals surface area contributed by atoms with Crippen LogP contribution in [0.1, 0.15) is 23.2 Å². The number of hydrogen-bond donors (Lipinski definition) is 2. The van der Waals surface area contributed by atoms with E-state index >= 15 is 0 Å². The minimum absolute atomic E-state index is 0.0825. The molecule has 0 radical (unpaired) electrons. The second-order valence-electron chi connectivity index (χ2n) is 6.45. The highest BCUT2D eigenvalue weighted by atomic mass is 16.6. The number of aliphatic hydroxyl groups is 1. The van der Waals surface area contributed by atoms with Gasteiger partial charge in [0.05, 0.1) is 5.56 Å². The number of carbonyl (C=O) groups excluding carboxylic acids is 1. The van der Waals surface area contributed by atoms with E-state index in [-0.39, 0.29) is 18.6 Å². The number of rotatable bonds is 8. The second kappa shape index (κ2) is 9.23. The molecule has 0 saturated carbocycles. The fourth-order valence-corrected chi connectivity index (χ4v) is 2.82. The van der Waals surface area contributed by atoms with Crippen molar-refractivity contribution < 1.29 is 19.4 Å². The number of ether oxygens (including phenoxy) is 2. The lowest BCUT2D eigenvalue weighted by Crippen LogP contribution is -2.34. The topological polar surface area (TPSA) is 83.9 Å². The predicted molar refractivity (Wildman–Crippen MR) is 103 cm³/mol. The monoisotopic (exact) mass is 371 g/mol. The third kappa shape index (κ3) is 5.10. The Bertz CT molecular complexity index is 751. The Morgan fingerprint density at radius 1 is 1.30 bits per heavy atom. The van der Waals surface area contributed by atoms with E-state index in [9.17, 15) is 4.79 Å². The minimum Gasteiger partial charge on any atom is -0.486 e. The molecule has 2 aromatic rings. The van der Waals surface area contributed by atoms with Gasteiger partial charge >= 0.3 is 0 Å². The Morgan fingerprint density at radius 2 is 2.11 bits per heavy atom. The van der Waals surface area contributed by atoms with Gasteiger partial charge in [-0.15, -0.1) is 0 Å². The molecule has 0 fully saturated rings. The van der Waals surface area contributed by atoms with E-state index < -0.39 is 0 Å². The summed E-state index contributed by atoms with van der Waals surface area (Å²) in [5.41, 5.74) is 0.514. The quantitative estimate of drug-likeness (QED) is 0.737. The summed E-state index contributed by atoms with van der Waals surface area (Å²) in [5, 5.41) is 11.8. The molecule has 1 unspecified atom stereocenters. The van der Waals surface area contributed by atoms with Crippen LogP contribution in [-0.2, 0) is 0 Å². The van der Waals surface area contributed by atoms with Crippen molar-refractivity contribution in [2.45, 2.75) is 18.9 Å². The van der Waals surface area contributed by atoms with Gasteiger partial charge in [0.2, 0.25) is 0 Å². The SMILES string of the molecule is CN(CCCO)c1ccc(C(=O)NCCC2COc3ccccc3O2)cn1. The molecule has 1 aromatic carbocycles. The van der Waals surface area contributed by atoms with Crippen LogP contribution in [-0.4, -0.2) is 55.5 Å². The molecule has 3 rings (SSSR count). The molecule has 2 heterocycles. The highest BCUT2D eigenvalue weighted by Crippen LogP contribution is 2.31. The molecule has 7 heteroatoms. The molecule has 27 heavy (non-hydrogen) atoms. The van der Waals surface area contributed by atoms with E-state index in [1.807, 2.05) is 36.2 Å². The van der Waals surface area contributed by atoms with Gasteiger partial charge in [0.15, 0.2) is 11.5 Å². The number of para-hydroxylation sites is 2. The summed E-state index contributed by atoms with van der Waals surface area (Å²) in [5.74, 6) is 2.11. The third-order valence-electron chi connectivity index (χ3n) is 4.37. The largest absolute Gasteiger partial charge is 0.486 e. The molecular weight excluding hydrogens is 346 g/mol. The smallest absolute Gasteiger partial charge is 0.252 e. The van der Waals surface area contributed by atoms with Gasteiger partial charge in [-0.25, -0.2) is 4.98 Å². The molecule has 0 bridgehead atoms. The van der Waals surface area contributed by atoms with E-state index in [1.165, 1.54) is 0 Å². The molecule has 144 valence electrons. The van der Waals surface area contributed by atoms with Crippen molar-refractivity contribution in [3.63, 3.8) is 0 Å².